The SMILES string of the molecule is CCNC(=NCC(C(CC)CC)N1CCOCC1)NCCN1CCS(=O)(=O)CC1. The van der Waals surface area contributed by atoms with Gasteiger partial charge in [0.15, 0.2) is 15.8 Å². The molecule has 0 spiro atoms. The standard InChI is InChI=1S/C20H41N5O3S/c1-4-18(5-2)19(25-9-13-28-14-10-25)17-23-20(21-6-3)22-7-8-24-11-15-29(26,27)16-12-24/h18-19H,4-17H2,1-3H3,(H2,21,22,23). The zero-order valence-corrected chi connectivity index (χ0v) is 19.3. The maximum Gasteiger partial charge on any atom is 0.191 e. The van der Waals surface area contributed by atoms with Gasteiger partial charge in [0.05, 0.1) is 31.3 Å². The molecule has 0 aromatic rings. The molecular weight excluding hydrogens is 390 g/mol. The lowest BCUT2D eigenvalue weighted by molar-refractivity contribution is 0.00395. The number of nitrogens with zero attached hydrogens (tertiary/aromatic N) is 3. The van der Waals surface area contributed by atoms with E-state index in [0.29, 0.717) is 25.0 Å². The van der Waals surface area contributed by atoms with Crippen molar-refractivity contribution in [3.63, 3.8) is 0 Å². The molecule has 0 radical (unpaired) electrons. The lowest BCUT2D eigenvalue weighted by Gasteiger charge is -2.38. The molecule has 0 bridgehead atoms. The Labute approximate surface area is 177 Å². The summed E-state index contributed by atoms with van der Waals surface area (Å²) in [6, 6.07) is 0.441. The Morgan fingerprint density at radius 3 is 2.28 bits per heavy atom. The van der Waals surface area contributed by atoms with Gasteiger partial charge in [-0.25, -0.2) is 8.42 Å². The molecule has 0 amide bonds. The lowest BCUT2D eigenvalue weighted by Crippen LogP contribution is -2.49. The number of guanidine groups is 1. The van der Waals surface area contributed by atoms with Crippen molar-refractivity contribution in [2.45, 2.75) is 39.7 Å². The number of nitrogens with one attached hydrogen (secondary N) is 2. The van der Waals surface area contributed by atoms with Crippen molar-refractivity contribution in [2.75, 3.05) is 77.1 Å². The molecule has 29 heavy (non-hydrogen) atoms. The highest BCUT2D eigenvalue weighted by Gasteiger charge is 2.27. The maximum atomic E-state index is 11.6. The summed E-state index contributed by atoms with van der Waals surface area (Å²) in [4.78, 5) is 9.66. The van der Waals surface area contributed by atoms with E-state index in [2.05, 4.69) is 41.2 Å². The number of hydrogen-bond donors (Lipinski definition) is 2. The third-order valence-corrected chi connectivity index (χ3v) is 7.65. The number of aliphatic imine (C=N–C) groups is 1. The van der Waals surface area contributed by atoms with Gasteiger partial charge in [0.2, 0.25) is 0 Å². The van der Waals surface area contributed by atoms with Crippen molar-refractivity contribution < 1.29 is 13.2 Å². The van der Waals surface area contributed by atoms with Crippen LogP contribution in [-0.4, -0.2) is 107 Å². The van der Waals surface area contributed by atoms with E-state index in [1.807, 2.05) is 0 Å². The second kappa shape index (κ2) is 12.7. The average Bonchev–Trinajstić information content (AvgIpc) is 2.72. The zero-order valence-electron chi connectivity index (χ0n) is 18.5. The first-order valence-electron chi connectivity index (χ1n) is 11.3. The van der Waals surface area contributed by atoms with Crippen molar-refractivity contribution in [1.82, 2.24) is 20.4 Å². The van der Waals surface area contributed by atoms with E-state index >= 15 is 0 Å². The van der Waals surface area contributed by atoms with E-state index in [4.69, 9.17) is 9.73 Å². The Balaban J connectivity index is 1.88. The molecule has 0 aliphatic carbocycles. The molecule has 170 valence electrons. The molecule has 2 aliphatic rings. The van der Waals surface area contributed by atoms with Gasteiger partial charge in [0.25, 0.3) is 0 Å². The van der Waals surface area contributed by atoms with Gasteiger partial charge in [-0.3, -0.25) is 14.8 Å². The van der Waals surface area contributed by atoms with Crippen molar-refractivity contribution in [3.05, 3.63) is 0 Å². The molecule has 2 heterocycles. The van der Waals surface area contributed by atoms with Crippen molar-refractivity contribution >= 4 is 15.8 Å². The first-order chi connectivity index (χ1) is 14.0. The first kappa shape index (κ1) is 24.4. The number of hydrogen-bond acceptors (Lipinski definition) is 6. The predicted octanol–water partition coefficient (Wildman–Crippen LogP) is 0.409. The highest BCUT2D eigenvalue weighted by molar-refractivity contribution is 7.91. The molecule has 8 nitrogen and oxygen atoms in total. The Morgan fingerprint density at radius 1 is 1.03 bits per heavy atom. The van der Waals surface area contributed by atoms with Gasteiger partial charge < -0.3 is 15.4 Å². The number of sulfone groups is 1. The van der Waals surface area contributed by atoms with Crippen LogP contribution in [0.2, 0.25) is 0 Å². The van der Waals surface area contributed by atoms with Crippen LogP contribution < -0.4 is 10.6 Å². The quantitative estimate of drug-likeness (QED) is 0.383. The molecule has 1 unspecified atom stereocenters. The Hall–Kier alpha value is -0.900. The van der Waals surface area contributed by atoms with E-state index < -0.39 is 9.84 Å². The summed E-state index contributed by atoms with van der Waals surface area (Å²) in [5.41, 5.74) is 0. The molecule has 0 aromatic carbocycles. The smallest absolute Gasteiger partial charge is 0.191 e. The topological polar surface area (TPSA) is 86.3 Å². The first-order valence-corrected chi connectivity index (χ1v) is 13.1. The molecule has 0 saturated carbocycles. The summed E-state index contributed by atoms with van der Waals surface area (Å²) < 4.78 is 28.7. The molecule has 2 N–H and O–H groups in total. The molecule has 2 rings (SSSR count). The van der Waals surface area contributed by atoms with Crippen molar-refractivity contribution in [3.8, 4) is 0 Å². The van der Waals surface area contributed by atoms with Gasteiger partial charge in [-0.15, -0.1) is 0 Å². The van der Waals surface area contributed by atoms with Crippen LogP contribution >= 0.6 is 0 Å². The summed E-state index contributed by atoms with van der Waals surface area (Å²) in [7, 11) is -2.82. The van der Waals surface area contributed by atoms with Gasteiger partial charge in [-0.05, 0) is 12.8 Å². The van der Waals surface area contributed by atoms with Crippen LogP contribution in [-0.2, 0) is 14.6 Å². The van der Waals surface area contributed by atoms with Crippen LogP contribution in [0, 0.1) is 5.92 Å². The minimum atomic E-state index is -2.82. The molecule has 2 fully saturated rings. The molecule has 2 aliphatic heterocycles. The van der Waals surface area contributed by atoms with Crippen LogP contribution in [0.1, 0.15) is 33.6 Å². The van der Waals surface area contributed by atoms with Gasteiger partial charge in [-0.1, -0.05) is 26.7 Å². The number of ether oxygens (including phenoxy) is 1. The second-order valence-electron chi connectivity index (χ2n) is 7.93. The normalized spacial score (nSPS) is 22.6. The van der Waals surface area contributed by atoms with Crippen LogP contribution in [0.25, 0.3) is 0 Å². The molecule has 1 atom stereocenters. The Kier molecular flexibility index (Phi) is 10.7. The summed E-state index contributed by atoms with van der Waals surface area (Å²) in [6.45, 7) is 14.7. The fraction of sp³-hybridized carbons (Fsp3) is 0.950. The van der Waals surface area contributed by atoms with E-state index in [0.717, 1.165) is 71.3 Å². The predicted molar refractivity (Wildman–Crippen MR) is 119 cm³/mol. The largest absolute Gasteiger partial charge is 0.379 e. The average molecular weight is 432 g/mol. The monoisotopic (exact) mass is 431 g/mol. The van der Waals surface area contributed by atoms with E-state index in [9.17, 15) is 8.42 Å². The highest BCUT2D eigenvalue weighted by Crippen LogP contribution is 2.20. The maximum absolute atomic E-state index is 11.6. The Morgan fingerprint density at radius 2 is 1.69 bits per heavy atom. The van der Waals surface area contributed by atoms with Crippen LogP contribution in [0.3, 0.4) is 0 Å². The number of rotatable bonds is 10. The van der Waals surface area contributed by atoms with Crippen molar-refractivity contribution in [2.24, 2.45) is 10.9 Å². The van der Waals surface area contributed by atoms with Crippen LogP contribution in [0.5, 0.6) is 0 Å². The minimum absolute atomic E-state index is 0.276. The van der Waals surface area contributed by atoms with E-state index in [-0.39, 0.29) is 11.5 Å². The minimum Gasteiger partial charge on any atom is -0.379 e. The van der Waals surface area contributed by atoms with Crippen molar-refractivity contribution in [1.29, 1.82) is 0 Å². The second-order valence-corrected chi connectivity index (χ2v) is 10.2. The van der Waals surface area contributed by atoms with Crippen LogP contribution in [0.15, 0.2) is 4.99 Å². The summed E-state index contributed by atoms with van der Waals surface area (Å²) in [5, 5.41) is 6.77. The molecular formula is C20H41N5O3S. The Bertz CT molecular complexity index is 575. The zero-order chi connectivity index (χ0) is 21.1. The highest BCUT2D eigenvalue weighted by atomic mass is 32.2. The van der Waals surface area contributed by atoms with Gasteiger partial charge >= 0.3 is 0 Å². The van der Waals surface area contributed by atoms with Crippen LogP contribution in [0.4, 0.5) is 0 Å². The summed E-state index contributed by atoms with van der Waals surface area (Å²) >= 11 is 0. The number of morpholine rings is 1. The van der Waals surface area contributed by atoms with Gasteiger partial charge in [0, 0.05) is 51.9 Å². The van der Waals surface area contributed by atoms with E-state index in [1.165, 1.54) is 0 Å². The third kappa shape index (κ3) is 8.39. The lowest BCUT2D eigenvalue weighted by atomic mass is 9.92. The van der Waals surface area contributed by atoms with Gasteiger partial charge in [0.1, 0.15) is 0 Å². The fourth-order valence-corrected chi connectivity index (χ4v) is 5.41. The summed E-state index contributed by atoms with van der Waals surface area (Å²) in [6.07, 6.45) is 2.33. The van der Waals surface area contributed by atoms with E-state index in [1.54, 1.807) is 0 Å². The molecule has 2 saturated heterocycles. The molecule has 0 aromatic heterocycles. The fourth-order valence-electron chi connectivity index (χ4n) is 4.14. The molecule has 9 heteroatoms. The van der Waals surface area contributed by atoms with Gasteiger partial charge in [-0.2, -0.15) is 0 Å². The summed E-state index contributed by atoms with van der Waals surface area (Å²) in [5.74, 6) is 2.03. The third-order valence-electron chi connectivity index (χ3n) is 6.05.